The number of hydrogen-bond acceptors (Lipinski definition) is 3. The smallest absolute Gasteiger partial charge is 0.311 e. The van der Waals surface area contributed by atoms with Gasteiger partial charge in [-0.15, -0.1) is 0 Å². The van der Waals surface area contributed by atoms with Crippen LogP contribution in [0, 0.1) is 0 Å². The highest BCUT2D eigenvalue weighted by atomic mass is 16.4. The first-order chi connectivity index (χ1) is 4.29. The van der Waals surface area contributed by atoms with Gasteiger partial charge in [-0.25, -0.2) is 0 Å². The van der Waals surface area contributed by atoms with Crippen LogP contribution in [0.5, 0.6) is 0 Å². The van der Waals surface area contributed by atoms with Crippen LogP contribution < -0.4 is 6.15 Å². The van der Waals surface area contributed by atoms with Gasteiger partial charge in [0.25, 0.3) is 0 Å². The van der Waals surface area contributed by atoms with Gasteiger partial charge in [0.2, 0.25) is 0 Å². The van der Waals surface area contributed by atoms with E-state index in [1.54, 1.807) is 12.1 Å². The van der Waals surface area contributed by atoms with Gasteiger partial charge < -0.3 is 15.7 Å². The zero-order valence-electron chi connectivity index (χ0n) is 5.41. The number of carbonyl (C=O) groups is 1. The molecule has 1 aromatic rings. The van der Waals surface area contributed by atoms with Gasteiger partial charge in [0.05, 0.1) is 6.26 Å². The van der Waals surface area contributed by atoms with Crippen molar-refractivity contribution in [2.24, 2.45) is 0 Å². The van der Waals surface area contributed by atoms with Gasteiger partial charge >= 0.3 is 5.97 Å². The zero-order chi connectivity index (χ0) is 6.69. The molecule has 0 spiro atoms. The fraction of sp³-hybridized carbons (Fsp3) is 0.167. The number of aliphatic carboxylic acids is 1. The van der Waals surface area contributed by atoms with Gasteiger partial charge in [-0.05, 0) is 12.1 Å². The van der Waals surface area contributed by atoms with Crippen LogP contribution in [0.1, 0.15) is 5.76 Å². The third kappa shape index (κ3) is 2.32. The van der Waals surface area contributed by atoms with Crippen LogP contribution in [0.4, 0.5) is 0 Å². The highest BCUT2D eigenvalue weighted by molar-refractivity contribution is 5.69. The van der Waals surface area contributed by atoms with E-state index in [9.17, 15) is 4.79 Å². The Bertz CT molecular complexity index is 193. The summed E-state index contributed by atoms with van der Waals surface area (Å²) < 4.78 is 4.76. The fourth-order valence-electron chi connectivity index (χ4n) is 0.562. The van der Waals surface area contributed by atoms with Crippen molar-refractivity contribution in [3.05, 3.63) is 24.2 Å². The molecule has 0 aliphatic rings. The summed E-state index contributed by atoms with van der Waals surface area (Å²) in [4.78, 5) is 10.0. The first-order valence-corrected chi connectivity index (χ1v) is 2.53. The first kappa shape index (κ1) is 8.71. The number of rotatable bonds is 2. The molecular formula is C6H9NO3. The van der Waals surface area contributed by atoms with Crippen LogP contribution in [-0.4, -0.2) is 11.1 Å². The number of hydrogen-bond donors (Lipinski definition) is 2. The van der Waals surface area contributed by atoms with Crippen molar-refractivity contribution in [3.63, 3.8) is 0 Å². The standard InChI is InChI=1S/C6H6O3.H3N/c7-6(8)4-5-2-1-3-9-5;/h1-3H,4H2,(H,7,8);1H3. The lowest BCUT2D eigenvalue weighted by atomic mass is 10.3. The molecule has 0 unspecified atom stereocenters. The van der Waals surface area contributed by atoms with Crippen molar-refractivity contribution in [1.82, 2.24) is 6.15 Å². The van der Waals surface area contributed by atoms with Crippen molar-refractivity contribution < 1.29 is 14.3 Å². The van der Waals surface area contributed by atoms with Crippen molar-refractivity contribution >= 4 is 5.97 Å². The third-order valence-electron chi connectivity index (χ3n) is 0.906. The average Bonchev–Trinajstić information content (AvgIpc) is 2.15. The van der Waals surface area contributed by atoms with Crippen molar-refractivity contribution in [1.29, 1.82) is 0 Å². The van der Waals surface area contributed by atoms with E-state index in [0.29, 0.717) is 5.76 Å². The average molecular weight is 143 g/mol. The molecule has 0 aromatic carbocycles. The van der Waals surface area contributed by atoms with Gasteiger partial charge in [0.15, 0.2) is 0 Å². The van der Waals surface area contributed by atoms with Crippen LogP contribution in [0.2, 0.25) is 0 Å². The van der Waals surface area contributed by atoms with E-state index in [1.807, 2.05) is 0 Å². The molecule has 1 heterocycles. The zero-order valence-corrected chi connectivity index (χ0v) is 5.41. The summed E-state index contributed by atoms with van der Waals surface area (Å²) in [6, 6.07) is 3.30. The Labute approximate surface area is 58.0 Å². The summed E-state index contributed by atoms with van der Waals surface area (Å²) in [6.45, 7) is 0. The lowest BCUT2D eigenvalue weighted by Crippen LogP contribution is -1.97. The molecule has 4 heteroatoms. The SMILES string of the molecule is N.O=C(O)Cc1ccco1. The Kier molecular flexibility index (Phi) is 3.21. The molecule has 4 nitrogen and oxygen atoms in total. The van der Waals surface area contributed by atoms with E-state index in [0.717, 1.165) is 0 Å². The molecule has 1 aromatic heterocycles. The lowest BCUT2D eigenvalue weighted by Gasteiger charge is -1.85. The molecule has 0 saturated carbocycles. The maximum atomic E-state index is 10.0. The molecule has 0 atom stereocenters. The third-order valence-corrected chi connectivity index (χ3v) is 0.906. The first-order valence-electron chi connectivity index (χ1n) is 2.53. The monoisotopic (exact) mass is 143 g/mol. The highest BCUT2D eigenvalue weighted by Gasteiger charge is 2.00. The molecule has 56 valence electrons. The van der Waals surface area contributed by atoms with Gasteiger partial charge in [-0.3, -0.25) is 4.79 Å². The van der Waals surface area contributed by atoms with Crippen molar-refractivity contribution in [3.8, 4) is 0 Å². The molecule has 0 aliphatic heterocycles. The van der Waals surface area contributed by atoms with Gasteiger partial charge in [-0.1, -0.05) is 0 Å². The topological polar surface area (TPSA) is 85.4 Å². The van der Waals surface area contributed by atoms with Gasteiger partial charge in [0.1, 0.15) is 12.2 Å². The molecule has 0 aliphatic carbocycles. The maximum absolute atomic E-state index is 10.0. The van der Waals surface area contributed by atoms with Crippen LogP contribution >= 0.6 is 0 Å². The largest absolute Gasteiger partial charge is 0.481 e. The lowest BCUT2D eigenvalue weighted by molar-refractivity contribution is -0.136. The Morgan fingerprint density at radius 1 is 1.70 bits per heavy atom. The molecule has 0 radical (unpaired) electrons. The summed E-state index contributed by atoms with van der Waals surface area (Å²) in [5.41, 5.74) is 0. The van der Waals surface area contributed by atoms with Crippen LogP contribution in [0.3, 0.4) is 0 Å². The number of carboxylic acid groups (broad SMARTS) is 1. The summed E-state index contributed by atoms with van der Waals surface area (Å²) in [7, 11) is 0. The van der Waals surface area contributed by atoms with E-state index in [-0.39, 0.29) is 12.6 Å². The van der Waals surface area contributed by atoms with Crippen LogP contribution in [0.25, 0.3) is 0 Å². The Balaban J connectivity index is 0.000000810. The minimum absolute atomic E-state index is 0. The Morgan fingerprint density at radius 3 is 2.80 bits per heavy atom. The number of carboxylic acids is 1. The second-order valence-electron chi connectivity index (χ2n) is 1.65. The van der Waals surface area contributed by atoms with Crippen molar-refractivity contribution in [2.45, 2.75) is 6.42 Å². The normalized spacial score (nSPS) is 8.40. The summed E-state index contributed by atoms with van der Waals surface area (Å²) >= 11 is 0. The molecule has 10 heavy (non-hydrogen) atoms. The quantitative estimate of drug-likeness (QED) is 0.648. The molecule has 1 rings (SSSR count). The molecule has 0 amide bonds. The predicted molar refractivity (Wildman–Crippen MR) is 35.1 cm³/mol. The summed E-state index contributed by atoms with van der Waals surface area (Å²) in [5.74, 6) is -0.382. The number of furan rings is 1. The molecular weight excluding hydrogens is 134 g/mol. The maximum Gasteiger partial charge on any atom is 0.311 e. The van der Waals surface area contributed by atoms with Crippen LogP contribution in [-0.2, 0) is 11.2 Å². The molecule has 4 N–H and O–H groups in total. The molecule has 0 bridgehead atoms. The Hall–Kier alpha value is -1.29. The molecule has 0 fully saturated rings. The summed E-state index contributed by atoms with van der Waals surface area (Å²) in [6.07, 6.45) is 1.42. The Morgan fingerprint density at radius 2 is 2.40 bits per heavy atom. The van der Waals surface area contributed by atoms with Gasteiger partial charge in [-0.2, -0.15) is 0 Å². The van der Waals surface area contributed by atoms with E-state index >= 15 is 0 Å². The van der Waals surface area contributed by atoms with E-state index in [2.05, 4.69) is 0 Å². The second-order valence-corrected chi connectivity index (χ2v) is 1.65. The molecule has 0 saturated heterocycles. The van der Waals surface area contributed by atoms with Crippen LogP contribution in [0.15, 0.2) is 22.8 Å². The highest BCUT2D eigenvalue weighted by Crippen LogP contribution is 1.99. The predicted octanol–water partition coefficient (Wildman–Crippen LogP) is 1.07. The van der Waals surface area contributed by atoms with Crippen molar-refractivity contribution in [2.75, 3.05) is 0 Å². The fourth-order valence-corrected chi connectivity index (χ4v) is 0.562. The minimum atomic E-state index is -0.870. The van der Waals surface area contributed by atoms with E-state index in [4.69, 9.17) is 9.52 Å². The minimum Gasteiger partial charge on any atom is -0.481 e. The van der Waals surface area contributed by atoms with Gasteiger partial charge in [0, 0.05) is 0 Å². The second kappa shape index (κ2) is 3.68. The van der Waals surface area contributed by atoms with E-state index < -0.39 is 5.97 Å². The van der Waals surface area contributed by atoms with E-state index in [1.165, 1.54) is 6.26 Å². The summed E-state index contributed by atoms with van der Waals surface area (Å²) in [5, 5.41) is 8.23.